The Morgan fingerprint density at radius 1 is 1.22 bits per heavy atom. The molecule has 27 heavy (non-hydrogen) atoms. The Hall–Kier alpha value is -2.64. The van der Waals surface area contributed by atoms with Crippen LogP contribution in [-0.2, 0) is 6.18 Å². The minimum absolute atomic E-state index is 0.0469. The summed E-state index contributed by atoms with van der Waals surface area (Å²) < 4.78 is 45.6. The first kappa shape index (κ1) is 20.7. The van der Waals surface area contributed by atoms with Gasteiger partial charge in [0.05, 0.1) is 17.7 Å². The Morgan fingerprint density at radius 2 is 1.89 bits per heavy atom. The molecule has 0 aromatic carbocycles. The smallest absolute Gasteiger partial charge is 0.418 e. The van der Waals surface area contributed by atoms with Crippen LogP contribution in [0.3, 0.4) is 0 Å². The van der Waals surface area contributed by atoms with E-state index in [2.05, 4.69) is 9.97 Å². The van der Waals surface area contributed by atoms with Crippen LogP contribution >= 0.6 is 0 Å². The highest BCUT2D eigenvalue weighted by atomic mass is 19.4. The van der Waals surface area contributed by atoms with Crippen LogP contribution in [-0.4, -0.2) is 22.4 Å². The lowest BCUT2D eigenvalue weighted by molar-refractivity contribution is -0.138. The number of carbonyl (C=O) groups is 1. The zero-order valence-electron chi connectivity index (χ0n) is 15.6. The molecule has 0 saturated heterocycles. The van der Waals surface area contributed by atoms with Gasteiger partial charge in [0.25, 0.3) is 0 Å². The van der Waals surface area contributed by atoms with Crippen molar-refractivity contribution >= 4 is 11.6 Å². The molecule has 8 heteroatoms. The van der Waals surface area contributed by atoms with Crippen LogP contribution in [0.1, 0.15) is 49.3 Å². The van der Waals surface area contributed by atoms with E-state index in [4.69, 9.17) is 10.5 Å². The number of rotatable bonds is 5. The molecule has 0 aliphatic rings. The fourth-order valence-electron chi connectivity index (χ4n) is 2.12. The van der Waals surface area contributed by atoms with E-state index in [0.29, 0.717) is 0 Å². The lowest BCUT2D eigenvalue weighted by Gasteiger charge is -2.26. The molecule has 0 radical (unpaired) electrons. The molecule has 2 aromatic heterocycles. The second-order valence-electron chi connectivity index (χ2n) is 7.39. The summed E-state index contributed by atoms with van der Waals surface area (Å²) in [7, 11) is 0. The molecule has 5 nitrogen and oxygen atoms in total. The molecule has 146 valence electrons. The van der Waals surface area contributed by atoms with E-state index in [9.17, 15) is 18.0 Å². The van der Waals surface area contributed by atoms with Crippen LogP contribution < -0.4 is 10.5 Å². The van der Waals surface area contributed by atoms with Crippen LogP contribution in [0.5, 0.6) is 5.88 Å². The molecule has 2 aromatic rings. The number of nitrogens with two attached hydrogens (primary N) is 1. The van der Waals surface area contributed by atoms with Crippen molar-refractivity contribution in [2.24, 2.45) is 11.3 Å². The predicted molar refractivity (Wildman–Crippen MR) is 95.4 cm³/mol. The highest BCUT2D eigenvalue weighted by Crippen LogP contribution is 2.34. The summed E-state index contributed by atoms with van der Waals surface area (Å²) in [6.45, 7) is 8.31. The third-order valence-electron chi connectivity index (χ3n) is 4.43. The van der Waals surface area contributed by atoms with E-state index in [-0.39, 0.29) is 35.2 Å². The number of pyridine rings is 2. The van der Waals surface area contributed by atoms with Gasteiger partial charge >= 0.3 is 6.18 Å². The average molecular weight is 381 g/mol. The summed E-state index contributed by atoms with van der Waals surface area (Å²) in [5.74, 6) is -1.05. The summed E-state index contributed by atoms with van der Waals surface area (Å²) >= 11 is 0. The Balaban J connectivity index is 2.41. The highest BCUT2D eigenvalue weighted by molar-refractivity contribution is 6.11. The molecular formula is C19H22F3N3O2. The van der Waals surface area contributed by atoms with E-state index in [1.165, 1.54) is 18.3 Å². The number of ketones is 1. The Morgan fingerprint density at radius 3 is 2.44 bits per heavy atom. The number of nitrogens with zero attached hydrogens (tertiary/aromatic N) is 2. The molecule has 1 atom stereocenters. The maximum atomic E-state index is 13.3. The van der Waals surface area contributed by atoms with Gasteiger partial charge in [-0.25, -0.2) is 9.97 Å². The Labute approximate surface area is 155 Å². The first-order chi connectivity index (χ1) is 12.4. The quantitative estimate of drug-likeness (QED) is 0.778. The second-order valence-corrected chi connectivity index (χ2v) is 7.39. The van der Waals surface area contributed by atoms with Crippen molar-refractivity contribution in [1.82, 2.24) is 9.97 Å². The van der Waals surface area contributed by atoms with Crippen LogP contribution in [0.15, 0.2) is 30.5 Å². The maximum Gasteiger partial charge on any atom is 0.418 e. The Kier molecular flexibility index (Phi) is 5.77. The number of anilines is 1. The molecule has 0 fully saturated rings. The van der Waals surface area contributed by atoms with Gasteiger partial charge in [0.1, 0.15) is 11.5 Å². The van der Waals surface area contributed by atoms with Gasteiger partial charge in [0.15, 0.2) is 0 Å². The van der Waals surface area contributed by atoms with E-state index in [1.54, 1.807) is 0 Å². The van der Waals surface area contributed by atoms with E-state index < -0.39 is 23.2 Å². The molecule has 0 saturated carbocycles. The van der Waals surface area contributed by atoms with Crippen molar-refractivity contribution < 1.29 is 22.7 Å². The van der Waals surface area contributed by atoms with Crippen LogP contribution in [0.25, 0.3) is 0 Å². The van der Waals surface area contributed by atoms with Gasteiger partial charge in [-0.2, -0.15) is 13.2 Å². The van der Waals surface area contributed by atoms with Crippen molar-refractivity contribution in [3.63, 3.8) is 0 Å². The average Bonchev–Trinajstić information content (AvgIpc) is 2.57. The molecule has 0 bridgehead atoms. The van der Waals surface area contributed by atoms with E-state index >= 15 is 0 Å². The van der Waals surface area contributed by atoms with Crippen LogP contribution in [0, 0.1) is 11.3 Å². The number of alkyl halides is 3. The number of halogens is 3. The fourth-order valence-corrected chi connectivity index (χ4v) is 2.12. The van der Waals surface area contributed by atoms with E-state index in [0.717, 1.165) is 12.1 Å². The zero-order chi connectivity index (χ0) is 20.4. The third kappa shape index (κ3) is 4.96. The standard InChI is InChI=1S/C19H22F3N3O2/c1-11(18(2,3)4)10-27-14-8-7-13(19(20,21)22)15(25-14)16(26)12-6-5-9-24-17(12)23/h5-9,11H,10H2,1-4H3,(H2,23,24)/t11-/m1/s1. The summed E-state index contributed by atoms with van der Waals surface area (Å²) in [6, 6.07) is 4.63. The van der Waals surface area contributed by atoms with Gasteiger partial charge in [-0.15, -0.1) is 0 Å². The lowest BCUT2D eigenvalue weighted by atomic mass is 9.83. The summed E-state index contributed by atoms with van der Waals surface area (Å²) in [5.41, 5.74) is 3.53. The van der Waals surface area contributed by atoms with Crippen molar-refractivity contribution in [2.75, 3.05) is 12.3 Å². The minimum atomic E-state index is -4.74. The molecule has 0 unspecified atom stereocenters. The molecule has 2 rings (SSSR count). The molecule has 0 spiro atoms. The highest BCUT2D eigenvalue weighted by Gasteiger charge is 2.37. The summed E-state index contributed by atoms with van der Waals surface area (Å²) in [5, 5.41) is 0. The minimum Gasteiger partial charge on any atom is -0.477 e. The predicted octanol–water partition coefficient (Wildman–Crippen LogP) is 4.37. The van der Waals surface area contributed by atoms with Gasteiger partial charge in [-0.3, -0.25) is 4.79 Å². The topological polar surface area (TPSA) is 78.1 Å². The number of aromatic nitrogens is 2. The van der Waals surface area contributed by atoms with Gasteiger partial charge in [-0.05, 0) is 29.5 Å². The number of hydrogen-bond acceptors (Lipinski definition) is 5. The molecule has 0 amide bonds. The number of nitrogen functional groups attached to an aromatic ring is 1. The van der Waals surface area contributed by atoms with Crippen LogP contribution in [0.2, 0.25) is 0 Å². The van der Waals surface area contributed by atoms with Crippen molar-refractivity contribution in [1.29, 1.82) is 0 Å². The van der Waals surface area contributed by atoms with Crippen LogP contribution in [0.4, 0.5) is 19.0 Å². The summed E-state index contributed by atoms with van der Waals surface area (Å²) in [6.07, 6.45) is -3.40. The Bertz CT molecular complexity index is 830. The molecule has 0 aliphatic carbocycles. The van der Waals surface area contributed by atoms with Gasteiger partial charge in [-0.1, -0.05) is 27.7 Å². The lowest BCUT2D eigenvalue weighted by Crippen LogP contribution is -2.24. The summed E-state index contributed by atoms with van der Waals surface area (Å²) in [4.78, 5) is 20.2. The monoisotopic (exact) mass is 381 g/mol. The second kappa shape index (κ2) is 7.54. The van der Waals surface area contributed by atoms with Gasteiger partial charge < -0.3 is 10.5 Å². The first-order valence-corrected chi connectivity index (χ1v) is 8.37. The van der Waals surface area contributed by atoms with Crippen molar-refractivity contribution in [2.45, 2.75) is 33.9 Å². The zero-order valence-corrected chi connectivity index (χ0v) is 15.6. The van der Waals surface area contributed by atoms with Crippen molar-refractivity contribution in [3.8, 4) is 5.88 Å². The SMILES string of the molecule is C[C@H](COc1ccc(C(F)(F)F)c(C(=O)c2cccnc2N)n1)C(C)(C)C. The van der Waals surface area contributed by atoms with E-state index in [1.807, 2.05) is 27.7 Å². The van der Waals surface area contributed by atoms with Crippen molar-refractivity contribution in [3.05, 3.63) is 47.3 Å². The molecular weight excluding hydrogens is 359 g/mol. The molecule has 2 N–H and O–H groups in total. The largest absolute Gasteiger partial charge is 0.477 e. The van der Waals surface area contributed by atoms with Gasteiger partial charge in [0, 0.05) is 12.3 Å². The molecule has 2 heterocycles. The number of ether oxygens (including phenoxy) is 1. The third-order valence-corrected chi connectivity index (χ3v) is 4.43. The maximum absolute atomic E-state index is 13.3. The molecule has 0 aliphatic heterocycles. The number of hydrogen-bond donors (Lipinski definition) is 1. The fraction of sp³-hybridized carbons (Fsp3) is 0.421. The first-order valence-electron chi connectivity index (χ1n) is 8.37. The number of carbonyl (C=O) groups excluding carboxylic acids is 1. The normalized spacial score (nSPS) is 13.3. The van der Waals surface area contributed by atoms with Gasteiger partial charge in [0.2, 0.25) is 11.7 Å².